The van der Waals surface area contributed by atoms with E-state index in [1.54, 1.807) is 54.6 Å². The molecule has 0 atom stereocenters. The molecule has 0 saturated carbocycles. The third kappa shape index (κ3) is 8.21. The summed E-state index contributed by atoms with van der Waals surface area (Å²) in [5.74, 6) is -0.342. The van der Waals surface area contributed by atoms with Gasteiger partial charge in [-0.15, -0.1) is 0 Å². The predicted octanol–water partition coefficient (Wildman–Crippen LogP) is 3.22. The molecule has 0 heterocycles. The van der Waals surface area contributed by atoms with Crippen LogP contribution in [0, 0.1) is 0 Å². The number of hydrazine groups is 1. The van der Waals surface area contributed by atoms with E-state index in [1.807, 2.05) is 0 Å². The van der Waals surface area contributed by atoms with Crippen LogP contribution in [-0.4, -0.2) is 23.5 Å². The molecule has 0 aromatic heterocycles. The number of benzene rings is 2. The minimum atomic E-state index is -0.453. The van der Waals surface area contributed by atoms with Gasteiger partial charge in [-0.05, 0) is 60.3 Å². The number of amides is 2. The van der Waals surface area contributed by atoms with E-state index in [9.17, 15) is 9.59 Å². The third-order valence-corrected chi connectivity index (χ3v) is 4.02. The standard InChI is InChI=1S/C18H15BrClN3O3S/c19-13-4-8-15(9-5-13)26-11-17(25)22-23-18(27)21-16(24)10-3-12-1-6-14(20)7-2-12/h1-10H,11H2,(H,22,25)(H2,21,23,24,27)/b10-3+. The Morgan fingerprint density at radius 3 is 2.41 bits per heavy atom. The Morgan fingerprint density at radius 1 is 1.07 bits per heavy atom. The number of carbonyl (C=O) groups excluding carboxylic acids is 2. The summed E-state index contributed by atoms with van der Waals surface area (Å²) < 4.78 is 6.22. The smallest absolute Gasteiger partial charge is 0.276 e. The van der Waals surface area contributed by atoms with E-state index in [0.29, 0.717) is 10.8 Å². The number of nitrogens with one attached hydrogen (secondary N) is 3. The Balaban J connectivity index is 1.68. The molecule has 27 heavy (non-hydrogen) atoms. The Bertz CT molecular complexity index is 842. The first-order valence-electron chi connectivity index (χ1n) is 7.64. The van der Waals surface area contributed by atoms with Gasteiger partial charge < -0.3 is 4.74 Å². The molecule has 0 fully saturated rings. The summed E-state index contributed by atoms with van der Waals surface area (Å²) in [5.41, 5.74) is 5.57. The van der Waals surface area contributed by atoms with E-state index in [0.717, 1.165) is 10.0 Å². The predicted molar refractivity (Wildman–Crippen MR) is 112 cm³/mol. The van der Waals surface area contributed by atoms with Crippen LogP contribution in [0.25, 0.3) is 6.08 Å². The summed E-state index contributed by atoms with van der Waals surface area (Å²) in [6.45, 7) is -0.207. The maximum atomic E-state index is 11.8. The molecular formula is C18H15BrClN3O3S. The van der Waals surface area contributed by atoms with Crippen molar-refractivity contribution in [3.05, 3.63) is 69.7 Å². The second-order valence-electron chi connectivity index (χ2n) is 5.12. The first-order valence-corrected chi connectivity index (χ1v) is 9.22. The van der Waals surface area contributed by atoms with Crippen LogP contribution in [0.5, 0.6) is 5.75 Å². The van der Waals surface area contributed by atoms with Gasteiger partial charge in [0.15, 0.2) is 11.7 Å². The third-order valence-electron chi connectivity index (χ3n) is 3.03. The Morgan fingerprint density at radius 2 is 1.74 bits per heavy atom. The molecule has 0 unspecified atom stereocenters. The molecule has 0 aliphatic heterocycles. The SMILES string of the molecule is O=C(/C=C/c1ccc(Cl)cc1)NC(=S)NNC(=O)COc1ccc(Br)cc1. The van der Waals surface area contributed by atoms with Gasteiger partial charge in [0.2, 0.25) is 5.91 Å². The van der Waals surface area contributed by atoms with Gasteiger partial charge in [0.1, 0.15) is 5.75 Å². The van der Waals surface area contributed by atoms with Crippen LogP contribution >= 0.6 is 39.7 Å². The minimum absolute atomic E-state index is 0.0438. The van der Waals surface area contributed by atoms with Crippen molar-refractivity contribution >= 4 is 62.8 Å². The molecule has 0 bridgehead atoms. The normalized spacial score (nSPS) is 10.3. The van der Waals surface area contributed by atoms with Crippen LogP contribution in [0.1, 0.15) is 5.56 Å². The topological polar surface area (TPSA) is 79.5 Å². The maximum absolute atomic E-state index is 11.8. The fourth-order valence-corrected chi connectivity index (χ4v) is 2.31. The van der Waals surface area contributed by atoms with E-state index in [2.05, 4.69) is 32.1 Å². The molecule has 0 aliphatic carbocycles. The van der Waals surface area contributed by atoms with Gasteiger partial charge in [-0.1, -0.05) is 39.7 Å². The van der Waals surface area contributed by atoms with Crippen molar-refractivity contribution in [2.45, 2.75) is 0 Å². The molecule has 2 aromatic rings. The van der Waals surface area contributed by atoms with Gasteiger partial charge in [0, 0.05) is 15.6 Å². The van der Waals surface area contributed by atoms with Crippen molar-refractivity contribution in [1.82, 2.24) is 16.2 Å². The molecule has 2 aromatic carbocycles. The quantitative estimate of drug-likeness (QED) is 0.357. The molecule has 2 rings (SSSR count). The Kier molecular flexibility index (Phi) is 8.25. The highest BCUT2D eigenvalue weighted by molar-refractivity contribution is 9.10. The molecule has 0 radical (unpaired) electrons. The summed E-state index contributed by atoms with van der Waals surface area (Å²) in [5, 5.41) is 2.97. The minimum Gasteiger partial charge on any atom is -0.484 e. The fraction of sp³-hybridized carbons (Fsp3) is 0.0556. The van der Waals surface area contributed by atoms with E-state index in [-0.39, 0.29) is 11.7 Å². The lowest BCUT2D eigenvalue weighted by atomic mass is 10.2. The molecule has 0 aliphatic rings. The van der Waals surface area contributed by atoms with Crippen LogP contribution in [-0.2, 0) is 9.59 Å². The van der Waals surface area contributed by atoms with E-state index in [1.165, 1.54) is 6.08 Å². The van der Waals surface area contributed by atoms with Crippen LogP contribution in [0.2, 0.25) is 5.02 Å². The van der Waals surface area contributed by atoms with Crippen LogP contribution in [0.3, 0.4) is 0 Å². The monoisotopic (exact) mass is 467 g/mol. The van der Waals surface area contributed by atoms with Crippen LogP contribution in [0.4, 0.5) is 0 Å². The average Bonchev–Trinajstić information content (AvgIpc) is 2.65. The lowest BCUT2D eigenvalue weighted by Gasteiger charge is -2.10. The first-order chi connectivity index (χ1) is 12.9. The van der Waals surface area contributed by atoms with E-state index in [4.69, 9.17) is 28.6 Å². The van der Waals surface area contributed by atoms with Gasteiger partial charge in [0.05, 0.1) is 0 Å². The summed E-state index contributed by atoms with van der Waals surface area (Å²) in [4.78, 5) is 23.5. The number of hydrogen-bond donors (Lipinski definition) is 3. The highest BCUT2D eigenvalue weighted by Crippen LogP contribution is 2.15. The zero-order valence-electron chi connectivity index (χ0n) is 13.9. The summed E-state index contributed by atoms with van der Waals surface area (Å²) >= 11 is 14.0. The van der Waals surface area contributed by atoms with Crippen LogP contribution in [0.15, 0.2) is 59.1 Å². The fourth-order valence-electron chi connectivity index (χ4n) is 1.77. The second kappa shape index (κ2) is 10.7. The van der Waals surface area contributed by atoms with Crippen molar-refractivity contribution in [1.29, 1.82) is 0 Å². The second-order valence-corrected chi connectivity index (χ2v) is 6.88. The van der Waals surface area contributed by atoms with Gasteiger partial charge in [-0.25, -0.2) is 0 Å². The van der Waals surface area contributed by atoms with Crippen molar-refractivity contribution in [2.24, 2.45) is 0 Å². The molecule has 6 nitrogen and oxygen atoms in total. The summed E-state index contributed by atoms with van der Waals surface area (Å²) in [7, 11) is 0. The number of carbonyl (C=O) groups is 2. The molecular weight excluding hydrogens is 454 g/mol. The van der Waals surface area contributed by atoms with Crippen molar-refractivity contribution in [2.75, 3.05) is 6.61 Å². The maximum Gasteiger partial charge on any atom is 0.276 e. The number of ether oxygens (including phenoxy) is 1. The number of thiocarbonyl (C=S) groups is 1. The lowest BCUT2D eigenvalue weighted by Crippen LogP contribution is -2.49. The number of hydrogen-bond acceptors (Lipinski definition) is 4. The molecule has 140 valence electrons. The van der Waals surface area contributed by atoms with Gasteiger partial charge in [-0.3, -0.25) is 25.8 Å². The summed E-state index contributed by atoms with van der Waals surface area (Å²) in [6, 6.07) is 14.0. The van der Waals surface area contributed by atoms with Gasteiger partial charge >= 0.3 is 0 Å². The number of rotatable bonds is 5. The van der Waals surface area contributed by atoms with Crippen molar-refractivity contribution in [3.63, 3.8) is 0 Å². The highest BCUT2D eigenvalue weighted by Gasteiger charge is 2.05. The number of halogens is 2. The molecule has 3 N–H and O–H groups in total. The van der Waals surface area contributed by atoms with Gasteiger partial charge in [0.25, 0.3) is 5.91 Å². The van der Waals surface area contributed by atoms with Gasteiger partial charge in [-0.2, -0.15) is 0 Å². The molecule has 2 amide bonds. The molecule has 9 heteroatoms. The summed E-state index contributed by atoms with van der Waals surface area (Å²) in [6.07, 6.45) is 2.93. The van der Waals surface area contributed by atoms with E-state index < -0.39 is 11.8 Å². The molecule has 0 saturated heterocycles. The first kappa shape index (κ1) is 20.9. The average molecular weight is 469 g/mol. The Hall–Kier alpha value is -2.42. The zero-order chi connectivity index (χ0) is 19.6. The van der Waals surface area contributed by atoms with Crippen molar-refractivity contribution < 1.29 is 14.3 Å². The lowest BCUT2D eigenvalue weighted by molar-refractivity contribution is -0.123. The zero-order valence-corrected chi connectivity index (χ0v) is 17.0. The Labute approximate surface area is 175 Å². The highest BCUT2D eigenvalue weighted by atomic mass is 79.9. The van der Waals surface area contributed by atoms with E-state index >= 15 is 0 Å². The largest absolute Gasteiger partial charge is 0.484 e. The van der Waals surface area contributed by atoms with Crippen LogP contribution < -0.4 is 20.9 Å². The molecule has 0 spiro atoms. The van der Waals surface area contributed by atoms with Crippen molar-refractivity contribution in [3.8, 4) is 5.75 Å².